The van der Waals surface area contributed by atoms with E-state index in [0.717, 1.165) is 5.76 Å². The SMILES string of the molecule is Cc1ccc(CNC(=O)c2cc(N)ccc2F)o1. The summed E-state index contributed by atoms with van der Waals surface area (Å²) in [7, 11) is 0. The molecule has 0 aliphatic rings. The number of anilines is 1. The number of halogens is 1. The van der Waals surface area contributed by atoms with Crippen LogP contribution < -0.4 is 11.1 Å². The third-order valence-corrected chi connectivity index (χ3v) is 2.45. The minimum absolute atomic E-state index is 0.0710. The maximum absolute atomic E-state index is 13.4. The van der Waals surface area contributed by atoms with E-state index in [1.807, 2.05) is 6.92 Å². The number of aryl methyl sites for hydroxylation is 1. The highest BCUT2D eigenvalue weighted by Crippen LogP contribution is 2.12. The van der Waals surface area contributed by atoms with Crippen LogP contribution in [-0.4, -0.2) is 5.91 Å². The predicted molar refractivity (Wildman–Crippen MR) is 65.4 cm³/mol. The first-order valence-electron chi connectivity index (χ1n) is 5.45. The summed E-state index contributed by atoms with van der Waals surface area (Å²) in [6.45, 7) is 2.02. The van der Waals surface area contributed by atoms with Crippen molar-refractivity contribution < 1.29 is 13.6 Å². The summed E-state index contributed by atoms with van der Waals surface area (Å²) in [5, 5.41) is 2.57. The minimum Gasteiger partial charge on any atom is -0.465 e. The molecule has 4 nitrogen and oxygen atoms in total. The summed E-state index contributed by atoms with van der Waals surface area (Å²) in [6.07, 6.45) is 0. The Bertz CT molecular complexity index is 578. The van der Waals surface area contributed by atoms with E-state index in [2.05, 4.69) is 5.32 Å². The molecule has 0 saturated carbocycles. The molecule has 1 heterocycles. The van der Waals surface area contributed by atoms with Gasteiger partial charge in [-0.3, -0.25) is 4.79 Å². The zero-order valence-electron chi connectivity index (χ0n) is 9.87. The predicted octanol–water partition coefficient (Wildman–Crippen LogP) is 2.24. The van der Waals surface area contributed by atoms with E-state index in [1.54, 1.807) is 12.1 Å². The van der Waals surface area contributed by atoms with E-state index in [4.69, 9.17) is 10.2 Å². The van der Waals surface area contributed by atoms with Gasteiger partial charge in [0, 0.05) is 5.69 Å². The Balaban J connectivity index is 2.05. The third kappa shape index (κ3) is 2.68. The van der Waals surface area contributed by atoms with Crippen molar-refractivity contribution in [3.8, 4) is 0 Å². The molecule has 1 amide bonds. The number of carbonyl (C=O) groups is 1. The van der Waals surface area contributed by atoms with Crippen LogP contribution in [0.1, 0.15) is 21.9 Å². The van der Waals surface area contributed by atoms with Crippen molar-refractivity contribution in [1.82, 2.24) is 5.32 Å². The molecule has 0 fully saturated rings. The molecule has 3 N–H and O–H groups in total. The molecule has 5 heteroatoms. The zero-order chi connectivity index (χ0) is 13.1. The Labute approximate surface area is 104 Å². The lowest BCUT2D eigenvalue weighted by Gasteiger charge is -2.05. The average Bonchev–Trinajstić information content (AvgIpc) is 2.75. The number of amides is 1. The van der Waals surface area contributed by atoms with Gasteiger partial charge in [0.15, 0.2) is 0 Å². The molecule has 1 aromatic heterocycles. The molecule has 0 spiro atoms. The van der Waals surface area contributed by atoms with Crippen molar-refractivity contribution in [3.63, 3.8) is 0 Å². The average molecular weight is 248 g/mol. The molecule has 0 saturated heterocycles. The molecule has 0 atom stereocenters. The lowest BCUT2D eigenvalue weighted by molar-refractivity contribution is 0.0944. The fourth-order valence-electron chi connectivity index (χ4n) is 1.56. The first-order valence-corrected chi connectivity index (χ1v) is 5.45. The van der Waals surface area contributed by atoms with E-state index < -0.39 is 11.7 Å². The van der Waals surface area contributed by atoms with Gasteiger partial charge in [-0.25, -0.2) is 4.39 Å². The largest absolute Gasteiger partial charge is 0.465 e. The van der Waals surface area contributed by atoms with Gasteiger partial charge in [-0.05, 0) is 37.3 Å². The summed E-state index contributed by atoms with van der Waals surface area (Å²) >= 11 is 0. The fraction of sp³-hybridized carbons (Fsp3) is 0.154. The van der Waals surface area contributed by atoms with Gasteiger partial charge in [-0.2, -0.15) is 0 Å². The first kappa shape index (κ1) is 12.2. The number of benzene rings is 1. The Hall–Kier alpha value is -2.30. The molecule has 94 valence electrons. The standard InChI is InChI=1S/C13H13FN2O2/c1-8-2-4-10(18-8)7-16-13(17)11-6-9(15)3-5-12(11)14/h2-6H,7,15H2,1H3,(H,16,17). The second-order valence-corrected chi connectivity index (χ2v) is 3.93. The van der Waals surface area contributed by atoms with Crippen LogP contribution in [0.5, 0.6) is 0 Å². The maximum atomic E-state index is 13.4. The molecule has 0 bridgehead atoms. The van der Waals surface area contributed by atoms with E-state index in [-0.39, 0.29) is 12.1 Å². The van der Waals surface area contributed by atoms with Gasteiger partial charge in [0.2, 0.25) is 0 Å². The third-order valence-electron chi connectivity index (χ3n) is 2.45. The van der Waals surface area contributed by atoms with Crippen molar-refractivity contribution in [2.45, 2.75) is 13.5 Å². The summed E-state index contributed by atoms with van der Waals surface area (Å²) in [6, 6.07) is 7.43. The van der Waals surface area contributed by atoms with Crippen molar-refractivity contribution >= 4 is 11.6 Å². The normalized spacial score (nSPS) is 10.3. The summed E-state index contributed by atoms with van der Waals surface area (Å²) in [5.74, 6) is 0.255. The smallest absolute Gasteiger partial charge is 0.254 e. The molecule has 1 aromatic carbocycles. The number of nitrogen functional groups attached to an aromatic ring is 1. The van der Waals surface area contributed by atoms with E-state index in [0.29, 0.717) is 11.4 Å². The van der Waals surface area contributed by atoms with Crippen molar-refractivity contribution in [2.75, 3.05) is 5.73 Å². The highest BCUT2D eigenvalue weighted by atomic mass is 19.1. The maximum Gasteiger partial charge on any atom is 0.254 e. The second-order valence-electron chi connectivity index (χ2n) is 3.93. The van der Waals surface area contributed by atoms with Crippen LogP contribution in [0.25, 0.3) is 0 Å². The van der Waals surface area contributed by atoms with E-state index in [9.17, 15) is 9.18 Å². The molecule has 2 aromatic rings. The summed E-state index contributed by atoms with van der Waals surface area (Å²) in [4.78, 5) is 11.7. The molecule has 2 rings (SSSR count). The Kier molecular flexibility index (Phi) is 3.32. The van der Waals surface area contributed by atoms with Gasteiger partial charge in [0.25, 0.3) is 5.91 Å². The van der Waals surface area contributed by atoms with Gasteiger partial charge < -0.3 is 15.5 Å². The van der Waals surface area contributed by atoms with Crippen LogP contribution in [0.4, 0.5) is 10.1 Å². The van der Waals surface area contributed by atoms with Crippen LogP contribution in [0.15, 0.2) is 34.7 Å². The van der Waals surface area contributed by atoms with Gasteiger partial charge >= 0.3 is 0 Å². The summed E-state index contributed by atoms with van der Waals surface area (Å²) in [5.41, 5.74) is 5.78. The quantitative estimate of drug-likeness (QED) is 0.818. The number of carbonyl (C=O) groups excluding carboxylic acids is 1. The molecule has 18 heavy (non-hydrogen) atoms. The van der Waals surface area contributed by atoms with Gasteiger partial charge in [0.1, 0.15) is 17.3 Å². The minimum atomic E-state index is -0.600. The number of nitrogens with one attached hydrogen (secondary N) is 1. The van der Waals surface area contributed by atoms with Crippen LogP contribution in [0.3, 0.4) is 0 Å². The number of nitrogens with two attached hydrogens (primary N) is 1. The topological polar surface area (TPSA) is 68.3 Å². The van der Waals surface area contributed by atoms with Gasteiger partial charge in [-0.15, -0.1) is 0 Å². The Morgan fingerprint density at radius 3 is 2.83 bits per heavy atom. The van der Waals surface area contributed by atoms with Crippen LogP contribution in [0, 0.1) is 12.7 Å². The monoisotopic (exact) mass is 248 g/mol. The molecular weight excluding hydrogens is 235 g/mol. The zero-order valence-corrected chi connectivity index (χ0v) is 9.87. The molecular formula is C13H13FN2O2. The summed E-state index contributed by atoms with van der Waals surface area (Å²) < 4.78 is 18.7. The molecule has 0 aliphatic heterocycles. The first-order chi connectivity index (χ1) is 8.56. The number of furan rings is 1. The number of hydrogen-bond acceptors (Lipinski definition) is 3. The lowest BCUT2D eigenvalue weighted by Crippen LogP contribution is -2.23. The highest BCUT2D eigenvalue weighted by molar-refractivity contribution is 5.95. The van der Waals surface area contributed by atoms with Crippen LogP contribution in [0.2, 0.25) is 0 Å². The lowest BCUT2D eigenvalue weighted by atomic mass is 10.2. The van der Waals surface area contributed by atoms with E-state index >= 15 is 0 Å². The van der Waals surface area contributed by atoms with Crippen molar-refractivity contribution in [2.24, 2.45) is 0 Å². The van der Waals surface area contributed by atoms with E-state index in [1.165, 1.54) is 18.2 Å². The molecule has 0 aliphatic carbocycles. The highest BCUT2D eigenvalue weighted by Gasteiger charge is 2.12. The van der Waals surface area contributed by atoms with Gasteiger partial charge in [0.05, 0.1) is 12.1 Å². The second kappa shape index (κ2) is 4.91. The number of hydrogen-bond donors (Lipinski definition) is 2. The van der Waals surface area contributed by atoms with Gasteiger partial charge in [-0.1, -0.05) is 0 Å². The van der Waals surface area contributed by atoms with Crippen LogP contribution in [-0.2, 0) is 6.54 Å². The Morgan fingerprint density at radius 1 is 1.39 bits per heavy atom. The molecule has 0 radical (unpaired) electrons. The van der Waals surface area contributed by atoms with Crippen LogP contribution >= 0.6 is 0 Å². The number of rotatable bonds is 3. The fourth-order valence-corrected chi connectivity index (χ4v) is 1.56. The molecule has 0 unspecified atom stereocenters. The van der Waals surface area contributed by atoms with Crippen molar-refractivity contribution in [3.05, 3.63) is 53.2 Å². The Morgan fingerprint density at radius 2 is 2.17 bits per heavy atom. The van der Waals surface area contributed by atoms with Crippen molar-refractivity contribution in [1.29, 1.82) is 0 Å².